The molecule has 0 amide bonds. The van der Waals surface area contributed by atoms with Gasteiger partial charge >= 0.3 is 0 Å². The fourth-order valence-corrected chi connectivity index (χ4v) is 2.58. The maximum atomic E-state index is 6.16. The Kier molecular flexibility index (Phi) is 4.64. The maximum absolute atomic E-state index is 6.16. The van der Waals surface area contributed by atoms with Crippen LogP contribution in [0, 0.1) is 0 Å². The molecule has 0 aliphatic heterocycles. The summed E-state index contributed by atoms with van der Waals surface area (Å²) >= 11 is 7.85. The highest BCUT2D eigenvalue weighted by Crippen LogP contribution is 2.27. The summed E-state index contributed by atoms with van der Waals surface area (Å²) in [5.74, 6) is 0.719. The van der Waals surface area contributed by atoms with E-state index in [0.717, 1.165) is 17.7 Å². The van der Waals surface area contributed by atoms with Crippen molar-refractivity contribution in [2.45, 2.75) is 19.4 Å². The van der Waals surface area contributed by atoms with Crippen LogP contribution in [0.3, 0.4) is 0 Å². The average molecular weight is 282 g/mol. The highest BCUT2D eigenvalue weighted by Gasteiger charge is 2.06. The molecule has 1 aromatic carbocycles. The first-order chi connectivity index (χ1) is 8.66. The second-order valence-corrected chi connectivity index (χ2v) is 5.40. The molecular weight excluding hydrogens is 266 g/mol. The lowest BCUT2D eigenvalue weighted by molar-refractivity contribution is 0.322. The first kappa shape index (κ1) is 13.4. The molecule has 0 saturated heterocycles. The van der Waals surface area contributed by atoms with E-state index in [2.05, 4.69) is 16.8 Å². The highest BCUT2D eigenvalue weighted by molar-refractivity contribution is 7.07. The van der Waals surface area contributed by atoms with Crippen molar-refractivity contribution < 1.29 is 4.74 Å². The second-order valence-electron chi connectivity index (χ2n) is 4.21. The summed E-state index contributed by atoms with van der Waals surface area (Å²) in [5.41, 5.74) is 8.11. The Morgan fingerprint density at radius 3 is 2.83 bits per heavy atom. The summed E-state index contributed by atoms with van der Waals surface area (Å²) in [6, 6.07) is 7.80. The lowest BCUT2D eigenvalue weighted by atomic mass is 10.1. The summed E-state index contributed by atoms with van der Waals surface area (Å²) < 4.78 is 5.68. The minimum Gasteiger partial charge on any atom is -0.492 e. The van der Waals surface area contributed by atoms with Gasteiger partial charge in [-0.3, -0.25) is 0 Å². The molecular formula is C14H16ClNOS. The molecule has 1 aromatic heterocycles. The highest BCUT2D eigenvalue weighted by atomic mass is 35.5. The molecule has 2 N–H and O–H groups in total. The fourth-order valence-electron chi connectivity index (χ4n) is 1.63. The standard InChI is InChI=1S/C14H16ClNOS/c1-10(16)12-2-3-14(13(15)8-12)17-6-4-11-5-7-18-9-11/h2-3,5,7-10H,4,6,16H2,1H3/t10-/m0/s1. The summed E-state index contributed by atoms with van der Waals surface area (Å²) in [7, 11) is 0. The van der Waals surface area contributed by atoms with Crippen LogP contribution >= 0.6 is 22.9 Å². The predicted molar refractivity (Wildman–Crippen MR) is 77.6 cm³/mol. The van der Waals surface area contributed by atoms with E-state index in [1.807, 2.05) is 25.1 Å². The third-order valence-corrected chi connectivity index (χ3v) is 3.74. The molecule has 0 saturated carbocycles. The van der Waals surface area contributed by atoms with E-state index in [1.54, 1.807) is 11.3 Å². The molecule has 0 bridgehead atoms. The van der Waals surface area contributed by atoms with Crippen LogP contribution in [0.1, 0.15) is 24.1 Å². The molecule has 4 heteroatoms. The molecule has 1 heterocycles. The topological polar surface area (TPSA) is 35.2 Å². The van der Waals surface area contributed by atoms with E-state index in [9.17, 15) is 0 Å². The van der Waals surface area contributed by atoms with Crippen LogP contribution in [0.2, 0.25) is 5.02 Å². The third-order valence-electron chi connectivity index (χ3n) is 2.71. The lowest BCUT2D eigenvalue weighted by Gasteiger charge is -2.11. The van der Waals surface area contributed by atoms with Crippen molar-refractivity contribution in [1.82, 2.24) is 0 Å². The van der Waals surface area contributed by atoms with Crippen LogP contribution in [-0.2, 0) is 6.42 Å². The zero-order valence-electron chi connectivity index (χ0n) is 10.2. The lowest BCUT2D eigenvalue weighted by Crippen LogP contribution is -2.05. The number of rotatable bonds is 5. The van der Waals surface area contributed by atoms with Gasteiger partial charge in [-0.2, -0.15) is 11.3 Å². The summed E-state index contributed by atoms with van der Waals surface area (Å²) in [6.45, 7) is 2.57. The van der Waals surface area contributed by atoms with Crippen LogP contribution < -0.4 is 10.5 Å². The normalized spacial score (nSPS) is 12.4. The summed E-state index contributed by atoms with van der Waals surface area (Å²) in [4.78, 5) is 0. The predicted octanol–water partition coefficient (Wildman–Crippen LogP) is 4.04. The van der Waals surface area contributed by atoms with Gasteiger partial charge in [0.15, 0.2) is 0 Å². The van der Waals surface area contributed by atoms with Crippen LogP contribution in [-0.4, -0.2) is 6.61 Å². The van der Waals surface area contributed by atoms with E-state index >= 15 is 0 Å². The first-order valence-electron chi connectivity index (χ1n) is 5.85. The number of thiophene rings is 1. The Bertz CT molecular complexity index is 497. The molecule has 0 unspecified atom stereocenters. The van der Waals surface area contributed by atoms with Crippen LogP contribution in [0.15, 0.2) is 35.0 Å². The van der Waals surface area contributed by atoms with Gasteiger partial charge in [-0.25, -0.2) is 0 Å². The zero-order chi connectivity index (χ0) is 13.0. The fraction of sp³-hybridized carbons (Fsp3) is 0.286. The molecule has 2 aromatic rings. The minimum absolute atomic E-state index is 0.0117. The van der Waals surface area contributed by atoms with Crippen molar-refractivity contribution in [3.63, 3.8) is 0 Å². The molecule has 2 nitrogen and oxygen atoms in total. The van der Waals surface area contributed by atoms with Crippen molar-refractivity contribution in [2.75, 3.05) is 6.61 Å². The molecule has 18 heavy (non-hydrogen) atoms. The first-order valence-corrected chi connectivity index (χ1v) is 7.18. The van der Waals surface area contributed by atoms with E-state index < -0.39 is 0 Å². The Morgan fingerprint density at radius 1 is 1.39 bits per heavy atom. The van der Waals surface area contributed by atoms with E-state index in [0.29, 0.717) is 11.6 Å². The number of nitrogens with two attached hydrogens (primary N) is 1. The Morgan fingerprint density at radius 2 is 2.22 bits per heavy atom. The molecule has 96 valence electrons. The van der Waals surface area contributed by atoms with Crippen LogP contribution in [0.25, 0.3) is 0 Å². The number of halogens is 1. The number of hydrogen-bond donors (Lipinski definition) is 1. The van der Waals surface area contributed by atoms with Gasteiger partial charge in [0.2, 0.25) is 0 Å². The molecule has 0 radical (unpaired) electrons. The van der Waals surface area contributed by atoms with Crippen molar-refractivity contribution in [3.05, 3.63) is 51.2 Å². The zero-order valence-corrected chi connectivity index (χ0v) is 11.8. The molecule has 0 aliphatic carbocycles. The van der Waals surface area contributed by atoms with Crippen molar-refractivity contribution in [1.29, 1.82) is 0 Å². The third kappa shape index (κ3) is 3.48. The van der Waals surface area contributed by atoms with Crippen LogP contribution in [0.5, 0.6) is 5.75 Å². The summed E-state index contributed by atoms with van der Waals surface area (Å²) in [5, 5.41) is 4.82. The van der Waals surface area contributed by atoms with E-state index in [4.69, 9.17) is 22.1 Å². The van der Waals surface area contributed by atoms with Crippen LogP contribution in [0.4, 0.5) is 0 Å². The minimum atomic E-state index is -0.0117. The van der Waals surface area contributed by atoms with Gasteiger partial charge in [-0.1, -0.05) is 17.7 Å². The van der Waals surface area contributed by atoms with Gasteiger partial charge in [0, 0.05) is 12.5 Å². The quantitative estimate of drug-likeness (QED) is 0.898. The van der Waals surface area contributed by atoms with Crippen molar-refractivity contribution in [2.24, 2.45) is 5.73 Å². The Hall–Kier alpha value is -1.03. The number of benzene rings is 1. The van der Waals surface area contributed by atoms with Gasteiger partial charge in [0.1, 0.15) is 5.75 Å². The Labute approximate surface area is 116 Å². The van der Waals surface area contributed by atoms with E-state index in [-0.39, 0.29) is 6.04 Å². The average Bonchev–Trinajstić information content (AvgIpc) is 2.84. The van der Waals surface area contributed by atoms with Gasteiger partial charge in [0.05, 0.1) is 11.6 Å². The smallest absolute Gasteiger partial charge is 0.137 e. The number of ether oxygens (including phenoxy) is 1. The van der Waals surface area contributed by atoms with Gasteiger partial charge in [0.25, 0.3) is 0 Å². The van der Waals surface area contributed by atoms with Gasteiger partial charge in [-0.05, 0) is 47.0 Å². The van der Waals surface area contributed by atoms with Gasteiger partial charge < -0.3 is 10.5 Å². The largest absolute Gasteiger partial charge is 0.492 e. The SMILES string of the molecule is C[C@H](N)c1ccc(OCCc2ccsc2)c(Cl)c1. The van der Waals surface area contributed by atoms with Crippen molar-refractivity contribution in [3.8, 4) is 5.75 Å². The van der Waals surface area contributed by atoms with Gasteiger partial charge in [-0.15, -0.1) is 0 Å². The molecule has 0 spiro atoms. The maximum Gasteiger partial charge on any atom is 0.137 e. The molecule has 1 atom stereocenters. The molecule has 0 fully saturated rings. The monoisotopic (exact) mass is 281 g/mol. The number of hydrogen-bond acceptors (Lipinski definition) is 3. The molecule has 2 rings (SSSR count). The second kappa shape index (κ2) is 6.23. The van der Waals surface area contributed by atoms with Crippen molar-refractivity contribution >= 4 is 22.9 Å². The molecule has 0 aliphatic rings. The summed E-state index contributed by atoms with van der Waals surface area (Å²) in [6.07, 6.45) is 0.898. The van der Waals surface area contributed by atoms with E-state index in [1.165, 1.54) is 5.56 Å². The Balaban J connectivity index is 1.93.